The zero-order chi connectivity index (χ0) is 11.9. The molecule has 1 spiro atoms. The third-order valence-corrected chi connectivity index (χ3v) is 4.82. The van der Waals surface area contributed by atoms with Gasteiger partial charge >= 0.3 is 0 Å². The van der Waals surface area contributed by atoms with Crippen LogP contribution in [-0.2, 0) is 6.42 Å². The van der Waals surface area contributed by atoms with Crippen LogP contribution in [-0.4, -0.2) is 24.0 Å². The molecular formula is C15H20FN. The molecular weight excluding hydrogens is 213 g/mol. The summed E-state index contributed by atoms with van der Waals surface area (Å²) < 4.78 is 12.8. The number of halogens is 1. The molecule has 3 rings (SSSR count). The lowest BCUT2D eigenvalue weighted by Gasteiger charge is -2.24. The van der Waals surface area contributed by atoms with E-state index in [1.54, 1.807) is 12.1 Å². The molecule has 1 heterocycles. The Kier molecular flexibility index (Phi) is 2.70. The molecule has 0 unspecified atom stereocenters. The van der Waals surface area contributed by atoms with E-state index < -0.39 is 0 Å². The topological polar surface area (TPSA) is 3.24 Å². The van der Waals surface area contributed by atoms with Crippen molar-refractivity contribution in [3.8, 4) is 0 Å². The molecule has 1 aliphatic carbocycles. The second kappa shape index (κ2) is 4.09. The van der Waals surface area contributed by atoms with Crippen LogP contribution in [0, 0.1) is 11.2 Å². The molecule has 0 amide bonds. The van der Waals surface area contributed by atoms with Gasteiger partial charge in [0.05, 0.1) is 0 Å². The average molecular weight is 233 g/mol. The largest absolute Gasteiger partial charge is 0.300 e. The van der Waals surface area contributed by atoms with Crippen molar-refractivity contribution in [3.05, 3.63) is 35.6 Å². The molecule has 1 nitrogen and oxygen atoms in total. The van der Waals surface area contributed by atoms with Gasteiger partial charge in [-0.05, 0) is 62.3 Å². The Morgan fingerprint density at radius 1 is 1.24 bits per heavy atom. The molecule has 0 aromatic heterocycles. The molecule has 1 saturated heterocycles. The molecule has 2 fully saturated rings. The van der Waals surface area contributed by atoms with Gasteiger partial charge in [-0.1, -0.05) is 12.1 Å². The van der Waals surface area contributed by atoms with Gasteiger partial charge in [-0.2, -0.15) is 0 Å². The van der Waals surface area contributed by atoms with E-state index in [4.69, 9.17) is 0 Å². The number of likely N-dealkylation sites (tertiary alicyclic amines) is 1. The number of hydrogen-bond donors (Lipinski definition) is 0. The maximum Gasteiger partial charge on any atom is 0.123 e. The lowest BCUT2D eigenvalue weighted by Crippen LogP contribution is -2.32. The van der Waals surface area contributed by atoms with Crippen molar-refractivity contribution in [1.29, 1.82) is 0 Å². The zero-order valence-corrected chi connectivity index (χ0v) is 10.5. The molecule has 0 bridgehead atoms. The minimum atomic E-state index is -0.139. The van der Waals surface area contributed by atoms with Crippen LogP contribution in [0.4, 0.5) is 4.39 Å². The normalized spacial score (nSPS) is 26.6. The van der Waals surface area contributed by atoms with Gasteiger partial charge in [0.2, 0.25) is 0 Å². The Morgan fingerprint density at radius 2 is 1.94 bits per heavy atom. The summed E-state index contributed by atoms with van der Waals surface area (Å²) in [5.41, 5.74) is 1.93. The summed E-state index contributed by atoms with van der Waals surface area (Å²) in [6, 6.07) is 7.69. The van der Waals surface area contributed by atoms with Gasteiger partial charge in [0.15, 0.2) is 0 Å². The molecule has 1 aliphatic heterocycles. The smallest absolute Gasteiger partial charge is 0.123 e. The predicted octanol–water partition coefficient (Wildman–Crippen LogP) is 3.24. The summed E-state index contributed by atoms with van der Waals surface area (Å²) in [5, 5.41) is 0. The standard InChI is InChI=1S/C15H20FN/c1-12-15(7-8-15)9-11-17(12)10-6-13-2-4-14(16)5-3-13/h2-5,12H,6-11H2,1H3/t12-/m0/s1. The highest BCUT2D eigenvalue weighted by Gasteiger charge is 2.52. The lowest BCUT2D eigenvalue weighted by atomic mass is 9.99. The van der Waals surface area contributed by atoms with Gasteiger partial charge < -0.3 is 0 Å². The van der Waals surface area contributed by atoms with E-state index in [1.165, 1.54) is 31.4 Å². The second-order valence-electron chi connectivity index (χ2n) is 5.70. The molecule has 1 saturated carbocycles. The zero-order valence-electron chi connectivity index (χ0n) is 10.5. The first-order valence-corrected chi connectivity index (χ1v) is 6.68. The minimum absolute atomic E-state index is 0.139. The summed E-state index contributed by atoms with van der Waals surface area (Å²) in [7, 11) is 0. The highest BCUT2D eigenvalue weighted by Crippen LogP contribution is 2.56. The molecule has 92 valence electrons. The monoisotopic (exact) mass is 233 g/mol. The van der Waals surface area contributed by atoms with Crippen molar-refractivity contribution in [2.24, 2.45) is 5.41 Å². The van der Waals surface area contributed by atoms with Crippen LogP contribution in [0.5, 0.6) is 0 Å². The van der Waals surface area contributed by atoms with Crippen LogP contribution in [0.1, 0.15) is 31.7 Å². The van der Waals surface area contributed by atoms with Crippen LogP contribution in [0.15, 0.2) is 24.3 Å². The number of nitrogens with zero attached hydrogens (tertiary/aromatic N) is 1. The van der Waals surface area contributed by atoms with E-state index in [1.807, 2.05) is 12.1 Å². The van der Waals surface area contributed by atoms with Gasteiger partial charge in [-0.15, -0.1) is 0 Å². The maximum atomic E-state index is 12.8. The van der Waals surface area contributed by atoms with E-state index in [0.29, 0.717) is 5.41 Å². The summed E-state index contributed by atoms with van der Waals surface area (Å²) in [6.07, 6.45) is 5.29. The third-order valence-electron chi connectivity index (χ3n) is 4.82. The van der Waals surface area contributed by atoms with Gasteiger partial charge in [-0.25, -0.2) is 4.39 Å². The Morgan fingerprint density at radius 3 is 2.53 bits per heavy atom. The average Bonchev–Trinajstić information content (AvgIpc) is 3.05. The van der Waals surface area contributed by atoms with Gasteiger partial charge in [0.25, 0.3) is 0 Å². The summed E-state index contributed by atoms with van der Waals surface area (Å²) >= 11 is 0. The first kappa shape index (κ1) is 11.2. The molecule has 2 heteroatoms. The summed E-state index contributed by atoms with van der Waals surface area (Å²) in [4.78, 5) is 2.61. The van der Waals surface area contributed by atoms with Crippen molar-refractivity contribution in [2.45, 2.75) is 38.6 Å². The number of rotatable bonds is 3. The Labute approximate surface area is 103 Å². The van der Waals surface area contributed by atoms with E-state index in [0.717, 1.165) is 19.0 Å². The molecule has 0 radical (unpaired) electrons. The van der Waals surface area contributed by atoms with Crippen LogP contribution in [0.25, 0.3) is 0 Å². The van der Waals surface area contributed by atoms with Gasteiger partial charge in [-0.3, -0.25) is 4.90 Å². The van der Waals surface area contributed by atoms with Crippen LogP contribution in [0.2, 0.25) is 0 Å². The highest BCUT2D eigenvalue weighted by molar-refractivity contribution is 5.16. The van der Waals surface area contributed by atoms with E-state index in [-0.39, 0.29) is 5.82 Å². The van der Waals surface area contributed by atoms with Gasteiger partial charge in [0.1, 0.15) is 5.82 Å². The fourth-order valence-electron chi connectivity index (χ4n) is 3.21. The molecule has 17 heavy (non-hydrogen) atoms. The predicted molar refractivity (Wildman–Crippen MR) is 67.4 cm³/mol. The van der Waals surface area contributed by atoms with Crippen LogP contribution < -0.4 is 0 Å². The van der Waals surface area contributed by atoms with E-state index >= 15 is 0 Å². The molecule has 2 aliphatic rings. The Bertz CT molecular complexity index is 394. The third kappa shape index (κ3) is 2.11. The first-order valence-electron chi connectivity index (χ1n) is 6.68. The summed E-state index contributed by atoms with van der Waals surface area (Å²) in [5.74, 6) is -0.139. The second-order valence-corrected chi connectivity index (χ2v) is 5.70. The fourth-order valence-corrected chi connectivity index (χ4v) is 3.21. The quantitative estimate of drug-likeness (QED) is 0.774. The van der Waals surface area contributed by atoms with Crippen molar-refractivity contribution in [1.82, 2.24) is 4.90 Å². The Hall–Kier alpha value is -0.890. The fraction of sp³-hybridized carbons (Fsp3) is 0.600. The van der Waals surface area contributed by atoms with E-state index in [2.05, 4.69) is 11.8 Å². The maximum absolute atomic E-state index is 12.8. The van der Waals surface area contributed by atoms with E-state index in [9.17, 15) is 4.39 Å². The van der Waals surface area contributed by atoms with Crippen molar-refractivity contribution < 1.29 is 4.39 Å². The van der Waals surface area contributed by atoms with Crippen LogP contribution in [0.3, 0.4) is 0 Å². The van der Waals surface area contributed by atoms with Gasteiger partial charge in [0, 0.05) is 12.6 Å². The van der Waals surface area contributed by atoms with Crippen molar-refractivity contribution in [2.75, 3.05) is 13.1 Å². The van der Waals surface area contributed by atoms with Crippen molar-refractivity contribution in [3.63, 3.8) is 0 Å². The SMILES string of the molecule is C[C@@H]1N(CCc2ccc(F)cc2)CCC12CC2. The van der Waals surface area contributed by atoms with Crippen molar-refractivity contribution >= 4 is 0 Å². The Balaban J connectivity index is 1.56. The number of benzene rings is 1. The molecule has 1 aromatic rings. The lowest BCUT2D eigenvalue weighted by molar-refractivity contribution is 0.236. The van der Waals surface area contributed by atoms with Crippen LogP contribution >= 0.6 is 0 Å². The molecule has 1 aromatic carbocycles. The molecule has 0 N–H and O–H groups in total. The molecule has 1 atom stereocenters. The first-order chi connectivity index (χ1) is 8.20. The summed E-state index contributed by atoms with van der Waals surface area (Å²) in [6.45, 7) is 4.75. The minimum Gasteiger partial charge on any atom is -0.300 e. The number of hydrogen-bond acceptors (Lipinski definition) is 1. The highest BCUT2D eigenvalue weighted by atomic mass is 19.1.